The van der Waals surface area contributed by atoms with Gasteiger partial charge in [0.25, 0.3) is 0 Å². The Morgan fingerprint density at radius 1 is 1.42 bits per heavy atom. The third-order valence-corrected chi connectivity index (χ3v) is 5.74. The maximum atomic E-state index is 13.0. The summed E-state index contributed by atoms with van der Waals surface area (Å²) in [6.07, 6.45) is 5.45. The van der Waals surface area contributed by atoms with Crippen molar-refractivity contribution in [2.75, 3.05) is 24.2 Å². The van der Waals surface area contributed by atoms with Crippen LogP contribution in [0.3, 0.4) is 0 Å². The fraction of sp³-hybridized carbons (Fsp3) is 0.348. The number of hydrogen-bond acceptors (Lipinski definition) is 6. The summed E-state index contributed by atoms with van der Waals surface area (Å²) in [5.41, 5.74) is 9.02. The summed E-state index contributed by atoms with van der Waals surface area (Å²) in [5, 5.41) is 13.2. The van der Waals surface area contributed by atoms with E-state index in [0.29, 0.717) is 36.5 Å². The molecule has 0 saturated heterocycles. The lowest BCUT2D eigenvalue weighted by atomic mass is 9.98. The summed E-state index contributed by atoms with van der Waals surface area (Å²) in [5.74, 6) is -0.698. The van der Waals surface area contributed by atoms with Crippen LogP contribution < -0.4 is 21.2 Å². The van der Waals surface area contributed by atoms with E-state index in [9.17, 15) is 14.7 Å². The van der Waals surface area contributed by atoms with Crippen LogP contribution in [0.25, 0.3) is 10.9 Å². The molecular formula is C23H26N4O4. The lowest BCUT2D eigenvalue weighted by Gasteiger charge is -2.30. The highest BCUT2D eigenvalue weighted by Crippen LogP contribution is 2.44. The largest absolute Gasteiger partial charge is 0.487 e. The van der Waals surface area contributed by atoms with Crippen LogP contribution >= 0.6 is 0 Å². The molecule has 0 radical (unpaired) electrons. The van der Waals surface area contributed by atoms with Gasteiger partial charge in [0.15, 0.2) is 5.75 Å². The number of rotatable bonds is 7. The van der Waals surface area contributed by atoms with Gasteiger partial charge in [0.05, 0.1) is 28.3 Å². The van der Waals surface area contributed by atoms with Crippen molar-refractivity contribution in [2.45, 2.75) is 39.2 Å². The van der Waals surface area contributed by atoms with Crippen molar-refractivity contribution in [3.8, 4) is 5.75 Å². The number of benzene rings is 1. The fourth-order valence-electron chi connectivity index (χ4n) is 4.16. The zero-order valence-corrected chi connectivity index (χ0v) is 17.6. The van der Waals surface area contributed by atoms with Gasteiger partial charge in [-0.05, 0) is 38.3 Å². The zero-order chi connectivity index (χ0) is 22.1. The van der Waals surface area contributed by atoms with Crippen molar-refractivity contribution in [2.24, 2.45) is 0 Å². The predicted octanol–water partition coefficient (Wildman–Crippen LogP) is 3.24. The van der Waals surface area contributed by atoms with Gasteiger partial charge in [0.2, 0.25) is 5.43 Å². The number of aromatic carboxylic acids is 1. The second kappa shape index (κ2) is 8.29. The quantitative estimate of drug-likeness (QED) is 0.395. The van der Waals surface area contributed by atoms with Gasteiger partial charge in [-0.15, -0.1) is 0 Å². The Morgan fingerprint density at radius 3 is 2.90 bits per heavy atom. The molecule has 0 fully saturated rings. The summed E-state index contributed by atoms with van der Waals surface area (Å²) < 4.78 is 7.87. The Labute approximate surface area is 179 Å². The number of ether oxygens (including phenoxy) is 1. The molecule has 0 amide bonds. The molecule has 4 N–H and O–H groups in total. The van der Waals surface area contributed by atoms with Gasteiger partial charge >= 0.3 is 5.97 Å². The number of nitrogen functional groups attached to an aromatic ring is 1. The van der Waals surface area contributed by atoms with E-state index in [1.165, 1.54) is 6.20 Å². The van der Waals surface area contributed by atoms with E-state index >= 15 is 0 Å². The van der Waals surface area contributed by atoms with E-state index < -0.39 is 11.4 Å². The molecule has 0 bridgehead atoms. The molecule has 0 aliphatic carbocycles. The van der Waals surface area contributed by atoms with Crippen LogP contribution in [0.1, 0.15) is 47.9 Å². The number of hydrogen-bond donors (Lipinski definition) is 3. The number of pyridine rings is 2. The molecule has 1 atom stereocenters. The average Bonchev–Trinajstić information content (AvgIpc) is 2.76. The summed E-state index contributed by atoms with van der Waals surface area (Å²) in [7, 11) is 0. The van der Waals surface area contributed by atoms with E-state index in [4.69, 9.17) is 10.5 Å². The normalized spacial score (nSPS) is 15.0. The molecule has 1 aromatic carbocycles. The van der Waals surface area contributed by atoms with Crippen LogP contribution in [0.2, 0.25) is 0 Å². The Morgan fingerprint density at radius 2 is 2.23 bits per heavy atom. The van der Waals surface area contributed by atoms with Gasteiger partial charge in [0, 0.05) is 30.2 Å². The lowest BCUT2D eigenvalue weighted by molar-refractivity contribution is 0.0694. The minimum Gasteiger partial charge on any atom is -0.487 e. The lowest BCUT2D eigenvalue weighted by Crippen LogP contribution is -2.28. The van der Waals surface area contributed by atoms with E-state index in [0.717, 1.165) is 29.8 Å². The van der Waals surface area contributed by atoms with Crippen LogP contribution in [0.5, 0.6) is 5.75 Å². The van der Waals surface area contributed by atoms with E-state index in [1.54, 1.807) is 10.8 Å². The molecule has 8 heteroatoms. The molecule has 4 rings (SSSR count). The third-order valence-electron chi connectivity index (χ3n) is 5.74. The highest BCUT2D eigenvalue weighted by Gasteiger charge is 2.29. The molecule has 1 aliphatic heterocycles. The van der Waals surface area contributed by atoms with Crippen LogP contribution in [0.4, 0.5) is 11.4 Å². The van der Waals surface area contributed by atoms with Crippen molar-refractivity contribution < 1.29 is 14.6 Å². The van der Waals surface area contributed by atoms with Gasteiger partial charge in [-0.3, -0.25) is 9.78 Å². The first-order valence-corrected chi connectivity index (χ1v) is 10.5. The standard InChI is InChI=1S/C23H26N4O4/c1-3-15-18(24)17-20-22(19(15)26-10-6-8-14-7-4-5-9-25-14)31-12-13(2)27(20)11-16(21(17)28)23(29)30/h4-5,7,9,11,13,26H,3,6,8,10,12,24H2,1-2H3,(H,29,30)/t13-/m0/s1. The van der Waals surface area contributed by atoms with E-state index in [-0.39, 0.29) is 17.0 Å². The van der Waals surface area contributed by atoms with E-state index in [2.05, 4.69) is 10.3 Å². The first-order valence-electron chi connectivity index (χ1n) is 10.5. The van der Waals surface area contributed by atoms with Crippen molar-refractivity contribution >= 4 is 28.2 Å². The molecule has 8 nitrogen and oxygen atoms in total. The molecule has 0 saturated carbocycles. The zero-order valence-electron chi connectivity index (χ0n) is 17.6. The van der Waals surface area contributed by atoms with Crippen molar-refractivity contribution in [1.29, 1.82) is 0 Å². The van der Waals surface area contributed by atoms with Crippen molar-refractivity contribution in [3.63, 3.8) is 0 Å². The number of anilines is 2. The number of nitrogens with zero attached hydrogens (tertiary/aromatic N) is 2. The minimum absolute atomic E-state index is 0.127. The predicted molar refractivity (Wildman–Crippen MR) is 120 cm³/mol. The monoisotopic (exact) mass is 422 g/mol. The summed E-state index contributed by atoms with van der Waals surface area (Å²) in [6, 6.07) is 5.74. The molecule has 3 heterocycles. The molecule has 0 spiro atoms. The molecule has 3 aromatic rings. The summed E-state index contributed by atoms with van der Waals surface area (Å²) >= 11 is 0. The van der Waals surface area contributed by atoms with Gasteiger partial charge in [-0.1, -0.05) is 13.0 Å². The maximum Gasteiger partial charge on any atom is 0.341 e. The third kappa shape index (κ3) is 3.58. The van der Waals surface area contributed by atoms with Crippen molar-refractivity contribution in [1.82, 2.24) is 9.55 Å². The Bertz CT molecular complexity index is 1200. The van der Waals surface area contributed by atoms with Gasteiger partial charge in [-0.2, -0.15) is 0 Å². The molecule has 2 aromatic heterocycles. The highest BCUT2D eigenvalue weighted by atomic mass is 16.5. The number of aryl methyl sites for hydroxylation is 1. The molecule has 162 valence electrons. The average molecular weight is 422 g/mol. The van der Waals surface area contributed by atoms with Crippen LogP contribution in [0, 0.1) is 0 Å². The Balaban J connectivity index is 1.79. The van der Waals surface area contributed by atoms with Crippen LogP contribution in [-0.4, -0.2) is 33.8 Å². The maximum absolute atomic E-state index is 13.0. The van der Waals surface area contributed by atoms with Gasteiger partial charge < -0.3 is 25.5 Å². The van der Waals surface area contributed by atoms with E-state index in [1.807, 2.05) is 32.0 Å². The van der Waals surface area contributed by atoms with Crippen LogP contribution in [-0.2, 0) is 12.8 Å². The minimum atomic E-state index is -1.26. The summed E-state index contributed by atoms with van der Waals surface area (Å²) in [4.78, 5) is 29.0. The number of aromatic nitrogens is 2. The topological polar surface area (TPSA) is 119 Å². The Kier molecular flexibility index (Phi) is 5.54. The molecule has 0 unspecified atom stereocenters. The van der Waals surface area contributed by atoms with Gasteiger partial charge in [-0.25, -0.2) is 4.79 Å². The first kappa shape index (κ1) is 20.7. The Hall–Kier alpha value is -3.55. The van der Waals surface area contributed by atoms with Crippen molar-refractivity contribution in [3.05, 3.63) is 57.6 Å². The molecule has 1 aliphatic rings. The van der Waals surface area contributed by atoms with Gasteiger partial charge in [0.1, 0.15) is 12.2 Å². The SMILES string of the molecule is CCc1c(NCCCc2ccccn2)c2c3c(c1N)c(=O)c(C(=O)O)cn3[C@@H](C)CO2. The second-order valence-corrected chi connectivity index (χ2v) is 7.77. The second-order valence-electron chi connectivity index (χ2n) is 7.77. The summed E-state index contributed by atoms with van der Waals surface area (Å²) in [6.45, 7) is 4.92. The molecular weight excluding hydrogens is 396 g/mol. The smallest absolute Gasteiger partial charge is 0.341 e. The van der Waals surface area contributed by atoms with Crippen LogP contribution in [0.15, 0.2) is 35.4 Å². The number of nitrogens with two attached hydrogens (primary N) is 1. The number of carboxylic acid groups (broad SMARTS) is 1. The number of carbonyl (C=O) groups is 1. The number of nitrogens with one attached hydrogen (secondary N) is 1. The highest BCUT2D eigenvalue weighted by molar-refractivity contribution is 6.04. The first-order chi connectivity index (χ1) is 14.9. The molecule has 31 heavy (non-hydrogen) atoms. The fourth-order valence-corrected chi connectivity index (χ4v) is 4.16. The number of carboxylic acids is 1.